The SMILES string of the molecule is CCN(CC(C)C)C(=O)c1ccc(-n2nc(C)cc2C)cc1. The molecule has 1 amide bonds. The van der Waals surface area contributed by atoms with Crippen LogP contribution in [-0.2, 0) is 0 Å². The van der Waals surface area contributed by atoms with E-state index < -0.39 is 0 Å². The van der Waals surface area contributed by atoms with E-state index in [4.69, 9.17) is 0 Å². The number of aryl methyl sites for hydroxylation is 2. The molecule has 0 aliphatic carbocycles. The predicted octanol–water partition coefficient (Wildman–Crippen LogP) is 3.61. The Bertz CT molecular complexity index is 641. The smallest absolute Gasteiger partial charge is 0.253 e. The largest absolute Gasteiger partial charge is 0.339 e. The highest BCUT2D eigenvalue weighted by molar-refractivity contribution is 5.94. The number of hydrogen-bond acceptors (Lipinski definition) is 2. The molecule has 0 unspecified atom stereocenters. The van der Waals surface area contributed by atoms with Gasteiger partial charge in [0.15, 0.2) is 0 Å². The fraction of sp³-hybridized carbons (Fsp3) is 0.444. The molecule has 0 N–H and O–H groups in total. The van der Waals surface area contributed by atoms with Crippen LogP contribution in [-0.4, -0.2) is 33.7 Å². The van der Waals surface area contributed by atoms with E-state index >= 15 is 0 Å². The normalized spacial score (nSPS) is 11.0. The van der Waals surface area contributed by atoms with Gasteiger partial charge in [0.1, 0.15) is 0 Å². The summed E-state index contributed by atoms with van der Waals surface area (Å²) >= 11 is 0. The predicted molar refractivity (Wildman–Crippen MR) is 89.5 cm³/mol. The van der Waals surface area contributed by atoms with Crippen LogP contribution in [0.3, 0.4) is 0 Å². The summed E-state index contributed by atoms with van der Waals surface area (Å²) in [7, 11) is 0. The molecule has 22 heavy (non-hydrogen) atoms. The Kier molecular flexibility index (Phi) is 5.01. The molecule has 0 fully saturated rings. The van der Waals surface area contributed by atoms with E-state index in [1.807, 2.05) is 60.7 Å². The Morgan fingerprint density at radius 3 is 2.32 bits per heavy atom. The average Bonchev–Trinajstić information content (AvgIpc) is 2.82. The minimum atomic E-state index is 0.0936. The van der Waals surface area contributed by atoms with Gasteiger partial charge in [-0.3, -0.25) is 4.79 Å². The molecule has 0 radical (unpaired) electrons. The number of aromatic nitrogens is 2. The third-order valence-corrected chi connectivity index (χ3v) is 3.62. The van der Waals surface area contributed by atoms with Gasteiger partial charge in [-0.15, -0.1) is 0 Å². The quantitative estimate of drug-likeness (QED) is 0.846. The third-order valence-electron chi connectivity index (χ3n) is 3.62. The lowest BCUT2D eigenvalue weighted by atomic mass is 10.1. The molecule has 4 heteroatoms. The maximum Gasteiger partial charge on any atom is 0.253 e. The lowest BCUT2D eigenvalue weighted by Crippen LogP contribution is -2.33. The second kappa shape index (κ2) is 6.77. The van der Waals surface area contributed by atoms with Gasteiger partial charge in [0.05, 0.1) is 11.4 Å². The van der Waals surface area contributed by atoms with Crippen molar-refractivity contribution >= 4 is 5.91 Å². The minimum Gasteiger partial charge on any atom is -0.339 e. The van der Waals surface area contributed by atoms with Gasteiger partial charge in [-0.25, -0.2) is 4.68 Å². The molecule has 0 saturated carbocycles. The van der Waals surface area contributed by atoms with Crippen molar-refractivity contribution in [2.75, 3.05) is 13.1 Å². The molecular formula is C18H25N3O. The molecule has 0 bridgehead atoms. The van der Waals surface area contributed by atoms with Gasteiger partial charge in [-0.2, -0.15) is 5.10 Å². The van der Waals surface area contributed by atoms with Crippen LogP contribution in [0.4, 0.5) is 0 Å². The zero-order valence-corrected chi connectivity index (χ0v) is 14.1. The van der Waals surface area contributed by atoms with Crippen LogP contribution in [0.5, 0.6) is 0 Å². The molecular weight excluding hydrogens is 274 g/mol. The second-order valence-electron chi connectivity index (χ2n) is 6.12. The summed E-state index contributed by atoms with van der Waals surface area (Å²) in [5, 5.41) is 4.47. The number of amides is 1. The monoisotopic (exact) mass is 299 g/mol. The first kappa shape index (κ1) is 16.3. The van der Waals surface area contributed by atoms with Gasteiger partial charge in [0.2, 0.25) is 0 Å². The number of hydrogen-bond donors (Lipinski definition) is 0. The summed E-state index contributed by atoms with van der Waals surface area (Å²) < 4.78 is 1.90. The molecule has 4 nitrogen and oxygen atoms in total. The lowest BCUT2D eigenvalue weighted by molar-refractivity contribution is 0.0746. The van der Waals surface area contributed by atoms with Crippen LogP contribution in [0.15, 0.2) is 30.3 Å². The summed E-state index contributed by atoms with van der Waals surface area (Å²) in [4.78, 5) is 14.4. The molecule has 0 spiro atoms. The number of rotatable bonds is 5. The van der Waals surface area contributed by atoms with Gasteiger partial charge in [-0.05, 0) is 57.0 Å². The van der Waals surface area contributed by atoms with E-state index in [2.05, 4.69) is 18.9 Å². The van der Waals surface area contributed by atoms with E-state index in [1.54, 1.807) is 0 Å². The summed E-state index contributed by atoms with van der Waals surface area (Å²) in [5.74, 6) is 0.564. The summed E-state index contributed by atoms with van der Waals surface area (Å²) in [6.45, 7) is 11.8. The van der Waals surface area contributed by atoms with Crippen LogP contribution in [0.25, 0.3) is 5.69 Å². The molecule has 2 aromatic rings. The molecule has 1 aromatic heterocycles. The van der Waals surface area contributed by atoms with Gasteiger partial charge in [-0.1, -0.05) is 13.8 Å². The standard InChI is InChI=1S/C18H25N3O/c1-6-20(12-13(2)3)18(22)16-7-9-17(10-8-16)21-15(5)11-14(4)19-21/h7-11,13H,6,12H2,1-5H3. The van der Waals surface area contributed by atoms with Crippen molar-refractivity contribution < 1.29 is 4.79 Å². The zero-order chi connectivity index (χ0) is 16.3. The Morgan fingerprint density at radius 2 is 1.86 bits per heavy atom. The second-order valence-corrected chi connectivity index (χ2v) is 6.12. The highest BCUT2D eigenvalue weighted by Crippen LogP contribution is 2.14. The summed E-state index contributed by atoms with van der Waals surface area (Å²) in [5.41, 5.74) is 3.79. The summed E-state index contributed by atoms with van der Waals surface area (Å²) in [6.07, 6.45) is 0. The zero-order valence-electron chi connectivity index (χ0n) is 14.1. The molecule has 118 valence electrons. The number of carbonyl (C=O) groups excluding carboxylic acids is 1. The molecule has 0 aliphatic rings. The Balaban J connectivity index is 2.21. The van der Waals surface area contributed by atoms with Crippen LogP contribution >= 0.6 is 0 Å². The lowest BCUT2D eigenvalue weighted by Gasteiger charge is -2.23. The van der Waals surface area contributed by atoms with Crippen LogP contribution in [0, 0.1) is 19.8 Å². The van der Waals surface area contributed by atoms with E-state index in [9.17, 15) is 4.79 Å². The number of benzene rings is 1. The maximum absolute atomic E-state index is 12.5. The number of carbonyl (C=O) groups is 1. The van der Waals surface area contributed by atoms with Crippen LogP contribution in [0.1, 0.15) is 42.5 Å². The number of nitrogens with zero attached hydrogens (tertiary/aromatic N) is 3. The first-order valence-corrected chi connectivity index (χ1v) is 7.85. The highest BCUT2D eigenvalue weighted by atomic mass is 16.2. The fourth-order valence-electron chi connectivity index (χ4n) is 2.61. The van der Waals surface area contributed by atoms with Crippen molar-refractivity contribution in [1.29, 1.82) is 0 Å². The minimum absolute atomic E-state index is 0.0936. The van der Waals surface area contributed by atoms with Crippen molar-refractivity contribution in [3.63, 3.8) is 0 Å². The molecule has 0 saturated heterocycles. The van der Waals surface area contributed by atoms with Gasteiger partial charge >= 0.3 is 0 Å². The molecule has 0 aliphatic heterocycles. The Morgan fingerprint density at radius 1 is 1.23 bits per heavy atom. The fourth-order valence-corrected chi connectivity index (χ4v) is 2.61. The van der Waals surface area contributed by atoms with E-state index in [-0.39, 0.29) is 5.91 Å². The topological polar surface area (TPSA) is 38.1 Å². The van der Waals surface area contributed by atoms with Crippen molar-refractivity contribution in [2.24, 2.45) is 5.92 Å². The molecule has 2 rings (SSSR count). The molecule has 1 aromatic carbocycles. The summed E-state index contributed by atoms with van der Waals surface area (Å²) in [6, 6.07) is 9.72. The van der Waals surface area contributed by atoms with E-state index in [0.29, 0.717) is 5.92 Å². The van der Waals surface area contributed by atoms with Crippen LogP contribution < -0.4 is 0 Å². The van der Waals surface area contributed by atoms with E-state index in [0.717, 1.165) is 35.7 Å². The molecule has 0 atom stereocenters. The van der Waals surface area contributed by atoms with Crippen molar-refractivity contribution in [2.45, 2.75) is 34.6 Å². The third kappa shape index (κ3) is 3.56. The van der Waals surface area contributed by atoms with Crippen molar-refractivity contribution in [1.82, 2.24) is 14.7 Å². The van der Waals surface area contributed by atoms with Crippen molar-refractivity contribution in [3.8, 4) is 5.69 Å². The van der Waals surface area contributed by atoms with E-state index in [1.165, 1.54) is 0 Å². The Labute approximate surface area is 132 Å². The molecule has 1 heterocycles. The van der Waals surface area contributed by atoms with Gasteiger partial charge in [0.25, 0.3) is 5.91 Å². The van der Waals surface area contributed by atoms with Gasteiger partial charge in [0, 0.05) is 24.3 Å². The highest BCUT2D eigenvalue weighted by Gasteiger charge is 2.15. The van der Waals surface area contributed by atoms with Crippen LogP contribution in [0.2, 0.25) is 0 Å². The first-order valence-electron chi connectivity index (χ1n) is 7.85. The average molecular weight is 299 g/mol. The van der Waals surface area contributed by atoms with Crippen molar-refractivity contribution in [3.05, 3.63) is 47.3 Å². The maximum atomic E-state index is 12.5. The first-order chi connectivity index (χ1) is 10.4. The Hall–Kier alpha value is -2.10. The van der Waals surface area contributed by atoms with Gasteiger partial charge < -0.3 is 4.90 Å².